The van der Waals surface area contributed by atoms with Crippen LogP contribution in [0.25, 0.3) is 50.3 Å². The van der Waals surface area contributed by atoms with E-state index in [4.69, 9.17) is 4.98 Å². The van der Waals surface area contributed by atoms with Crippen LogP contribution in [0.2, 0.25) is 0 Å². The van der Waals surface area contributed by atoms with Gasteiger partial charge in [-0.1, -0.05) is 13.8 Å². The van der Waals surface area contributed by atoms with Crippen molar-refractivity contribution in [3.63, 3.8) is 0 Å². The Morgan fingerprint density at radius 2 is 1.92 bits per heavy atom. The number of H-pyrrole nitrogens is 2. The minimum absolute atomic E-state index is 0.0620. The molecular weight excluding hydrogens is 454 g/mol. The zero-order chi connectivity index (χ0) is 24.8. The number of nitrogens with zero attached hydrogens (tertiary/aromatic N) is 6. The fraction of sp³-hybridized carbons (Fsp3) is 0.154. The molecule has 0 saturated heterocycles. The predicted molar refractivity (Wildman–Crippen MR) is 138 cm³/mol. The Morgan fingerprint density at radius 1 is 1.06 bits per heavy atom. The van der Waals surface area contributed by atoms with Crippen molar-refractivity contribution < 1.29 is 4.79 Å². The number of carbonyl (C=O) groups is 1. The number of amides is 1. The van der Waals surface area contributed by atoms with E-state index in [-0.39, 0.29) is 11.8 Å². The normalized spacial score (nSPS) is 11.6. The number of pyridine rings is 3. The predicted octanol–water partition coefficient (Wildman–Crippen LogP) is 4.65. The van der Waals surface area contributed by atoms with Gasteiger partial charge in [0.15, 0.2) is 0 Å². The molecule has 6 aromatic heterocycles. The van der Waals surface area contributed by atoms with Gasteiger partial charge in [0.1, 0.15) is 11.2 Å². The molecule has 0 aliphatic heterocycles. The van der Waals surface area contributed by atoms with Gasteiger partial charge < -0.3 is 14.9 Å². The molecule has 6 heterocycles. The Kier molecular flexibility index (Phi) is 5.06. The second-order valence-electron chi connectivity index (χ2n) is 9.00. The van der Waals surface area contributed by atoms with Gasteiger partial charge in [0.2, 0.25) is 5.91 Å². The molecule has 3 N–H and O–H groups in total. The maximum Gasteiger partial charge on any atom is 0.226 e. The largest absolute Gasteiger partial charge is 0.352 e. The third-order valence-electron chi connectivity index (χ3n) is 6.00. The number of imidazole rings is 1. The molecular formula is C26H23N9O. The Labute approximate surface area is 205 Å². The summed E-state index contributed by atoms with van der Waals surface area (Å²) in [6.45, 7) is 5.65. The topological polar surface area (TPSA) is 130 Å². The number of nitrogens with one attached hydrogen (secondary N) is 3. The number of aryl methyl sites for hydroxylation is 1. The molecule has 0 saturated carbocycles. The standard InChI is InChI=1S/C26H23N9O/c1-14(2)26(36)30-17-6-16(8-27-9-17)19-4-5-20-24(32-19)25(34-33-20)21-7-18-22(31-21)10-28-11-23(18)35-12-15(3)29-13-35/h4-14,31H,1-3H3,(H,30,36)(H,33,34). The molecule has 1 amide bonds. The van der Waals surface area contributed by atoms with Crippen LogP contribution in [0.1, 0.15) is 19.5 Å². The zero-order valence-corrected chi connectivity index (χ0v) is 19.9. The van der Waals surface area contributed by atoms with Crippen LogP contribution in [0, 0.1) is 12.8 Å². The van der Waals surface area contributed by atoms with E-state index < -0.39 is 0 Å². The first kappa shape index (κ1) is 21.7. The van der Waals surface area contributed by atoms with Crippen LogP contribution in [0.5, 0.6) is 0 Å². The van der Waals surface area contributed by atoms with E-state index in [1.54, 1.807) is 24.9 Å². The summed E-state index contributed by atoms with van der Waals surface area (Å²) in [5, 5.41) is 11.5. The third-order valence-corrected chi connectivity index (χ3v) is 6.00. The van der Waals surface area contributed by atoms with Crippen molar-refractivity contribution in [3.8, 4) is 28.3 Å². The number of hydrogen-bond donors (Lipinski definition) is 3. The van der Waals surface area contributed by atoms with Gasteiger partial charge in [-0.2, -0.15) is 5.10 Å². The smallest absolute Gasteiger partial charge is 0.226 e. The number of hydrogen-bond acceptors (Lipinski definition) is 6. The molecule has 36 heavy (non-hydrogen) atoms. The molecule has 6 aromatic rings. The van der Waals surface area contributed by atoms with Crippen LogP contribution in [0.15, 0.2) is 61.6 Å². The van der Waals surface area contributed by atoms with E-state index in [1.165, 1.54) is 0 Å². The van der Waals surface area contributed by atoms with Crippen LogP contribution < -0.4 is 5.32 Å². The zero-order valence-electron chi connectivity index (χ0n) is 19.9. The SMILES string of the molecule is Cc1cn(-c2cncc3[nH]c(-c4n[nH]c5ccc(-c6cncc(NC(=O)C(C)C)c6)nc45)cc23)cn1. The summed E-state index contributed by atoms with van der Waals surface area (Å²) in [5.74, 6) is -0.186. The van der Waals surface area contributed by atoms with Crippen molar-refractivity contribution in [3.05, 3.63) is 67.3 Å². The summed E-state index contributed by atoms with van der Waals surface area (Å²) in [6.07, 6.45) is 10.7. The van der Waals surface area contributed by atoms with Gasteiger partial charge in [0, 0.05) is 29.3 Å². The van der Waals surface area contributed by atoms with Gasteiger partial charge in [-0.15, -0.1) is 0 Å². The quantitative estimate of drug-likeness (QED) is 0.331. The summed E-state index contributed by atoms with van der Waals surface area (Å²) in [6, 6.07) is 7.77. The van der Waals surface area contributed by atoms with Gasteiger partial charge in [-0.25, -0.2) is 9.97 Å². The van der Waals surface area contributed by atoms with E-state index in [0.29, 0.717) is 11.4 Å². The summed E-state index contributed by atoms with van der Waals surface area (Å²) in [5.41, 5.74) is 7.96. The molecule has 0 atom stereocenters. The van der Waals surface area contributed by atoms with Gasteiger partial charge in [0.25, 0.3) is 0 Å². The second-order valence-corrected chi connectivity index (χ2v) is 9.00. The first-order valence-electron chi connectivity index (χ1n) is 11.6. The van der Waals surface area contributed by atoms with Crippen LogP contribution >= 0.6 is 0 Å². The highest BCUT2D eigenvalue weighted by atomic mass is 16.1. The van der Waals surface area contributed by atoms with Gasteiger partial charge in [-0.3, -0.25) is 19.9 Å². The lowest BCUT2D eigenvalue weighted by molar-refractivity contribution is -0.118. The molecule has 0 aliphatic rings. The molecule has 0 aromatic carbocycles. The molecule has 10 nitrogen and oxygen atoms in total. The van der Waals surface area contributed by atoms with E-state index in [0.717, 1.165) is 50.3 Å². The Morgan fingerprint density at radius 3 is 2.72 bits per heavy atom. The average Bonchev–Trinajstić information content (AvgIpc) is 3.61. The molecule has 0 radical (unpaired) electrons. The highest BCUT2D eigenvalue weighted by molar-refractivity contribution is 5.97. The van der Waals surface area contributed by atoms with E-state index in [1.807, 2.05) is 55.9 Å². The van der Waals surface area contributed by atoms with Crippen LogP contribution in [-0.4, -0.2) is 45.6 Å². The lowest BCUT2D eigenvalue weighted by Gasteiger charge is -2.08. The molecule has 178 valence electrons. The van der Waals surface area contributed by atoms with Crippen LogP contribution in [0.4, 0.5) is 5.69 Å². The minimum Gasteiger partial charge on any atom is -0.352 e. The third kappa shape index (κ3) is 3.78. The minimum atomic E-state index is -0.124. The van der Waals surface area contributed by atoms with E-state index in [9.17, 15) is 4.79 Å². The first-order chi connectivity index (χ1) is 17.5. The average molecular weight is 478 g/mol. The van der Waals surface area contributed by atoms with Crippen molar-refractivity contribution in [1.29, 1.82) is 0 Å². The van der Waals surface area contributed by atoms with Crippen molar-refractivity contribution in [2.45, 2.75) is 20.8 Å². The first-order valence-corrected chi connectivity index (χ1v) is 11.6. The van der Waals surface area contributed by atoms with Crippen LogP contribution in [-0.2, 0) is 4.79 Å². The highest BCUT2D eigenvalue weighted by Gasteiger charge is 2.16. The van der Waals surface area contributed by atoms with Crippen LogP contribution in [0.3, 0.4) is 0 Å². The number of aromatic nitrogens is 8. The summed E-state index contributed by atoms with van der Waals surface area (Å²) in [7, 11) is 0. The Bertz CT molecular complexity index is 1740. The monoisotopic (exact) mass is 477 g/mol. The number of anilines is 1. The van der Waals surface area contributed by atoms with E-state index in [2.05, 4.69) is 41.5 Å². The summed E-state index contributed by atoms with van der Waals surface area (Å²) >= 11 is 0. The number of carbonyl (C=O) groups excluding carboxylic acids is 1. The van der Waals surface area contributed by atoms with Crippen molar-refractivity contribution in [2.24, 2.45) is 5.92 Å². The molecule has 0 fully saturated rings. The second kappa shape index (κ2) is 8.42. The lowest BCUT2D eigenvalue weighted by atomic mass is 10.1. The molecule has 6 rings (SSSR count). The molecule has 0 spiro atoms. The number of aromatic amines is 2. The summed E-state index contributed by atoms with van der Waals surface area (Å²) < 4.78 is 1.96. The van der Waals surface area contributed by atoms with Gasteiger partial charge in [0.05, 0.1) is 64.4 Å². The number of fused-ring (bicyclic) bond motifs is 2. The fourth-order valence-electron chi connectivity index (χ4n) is 4.11. The van der Waals surface area contributed by atoms with Crippen molar-refractivity contribution >= 4 is 33.5 Å². The van der Waals surface area contributed by atoms with Gasteiger partial charge >= 0.3 is 0 Å². The van der Waals surface area contributed by atoms with Crippen molar-refractivity contribution in [2.75, 3.05) is 5.32 Å². The van der Waals surface area contributed by atoms with E-state index >= 15 is 0 Å². The maximum absolute atomic E-state index is 12.1. The molecule has 0 unspecified atom stereocenters. The van der Waals surface area contributed by atoms with Crippen molar-refractivity contribution in [1.82, 2.24) is 39.7 Å². The number of rotatable bonds is 5. The highest BCUT2D eigenvalue weighted by Crippen LogP contribution is 2.31. The Balaban J connectivity index is 1.41. The maximum atomic E-state index is 12.1. The summed E-state index contributed by atoms with van der Waals surface area (Å²) in [4.78, 5) is 33.5. The fourth-order valence-corrected chi connectivity index (χ4v) is 4.11. The molecule has 0 aliphatic carbocycles. The lowest BCUT2D eigenvalue weighted by Crippen LogP contribution is -2.17. The Hall–Kier alpha value is -4.86. The molecule has 0 bridgehead atoms. The van der Waals surface area contributed by atoms with Gasteiger partial charge in [-0.05, 0) is 31.2 Å². The molecule has 10 heteroatoms.